The van der Waals surface area contributed by atoms with Crippen molar-refractivity contribution in [1.29, 1.82) is 0 Å². The predicted octanol–water partition coefficient (Wildman–Crippen LogP) is 3.36. The number of piperazine rings is 1. The summed E-state index contributed by atoms with van der Waals surface area (Å²) in [6, 6.07) is 2.48. The van der Waals surface area contributed by atoms with E-state index in [1.165, 1.54) is 0 Å². The van der Waals surface area contributed by atoms with Gasteiger partial charge in [0.05, 0.1) is 10.5 Å². The zero-order valence-electron chi connectivity index (χ0n) is 16.1. The summed E-state index contributed by atoms with van der Waals surface area (Å²) in [6.45, 7) is 3.71. The lowest BCUT2D eigenvalue weighted by Gasteiger charge is -2.36. The van der Waals surface area contributed by atoms with Crippen LogP contribution in [-0.4, -0.2) is 59.9 Å². The minimum Gasteiger partial charge on any atom is -0.378 e. The molecule has 1 heterocycles. The number of alkyl halides is 3. The molecule has 1 amide bonds. The summed E-state index contributed by atoms with van der Waals surface area (Å²) in [6.07, 6.45) is -0.418. The third-order valence-electron chi connectivity index (χ3n) is 5.65. The van der Waals surface area contributed by atoms with Crippen molar-refractivity contribution in [1.82, 2.24) is 9.80 Å². The van der Waals surface area contributed by atoms with Crippen molar-refractivity contribution in [3.8, 4) is 0 Å². The van der Waals surface area contributed by atoms with E-state index >= 15 is 0 Å². The van der Waals surface area contributed by atoms with E-state index < -0.39 is 22.4 Å². The van der Waals surface area contributed by atoms with Gasteiger partial charge in [-0.2, -0.15) is 13.2 Å². The number of halogens is 3. The van der Waals surface area contributed by atoms with Gasteiger partial charge in [0.1, 0.15) is 5.69 Å². The predicted molar refractivity (Wildman–Crippen MR) is 102 cm³/mol. The van der Waals surface area contributed by atoms with Crippen LogP contribution < -0.4 is 5.32 Å². The molecule has 1 N–H and O–H groups in total. The number of carbonyl (C=O) groups is 1. The van der Waals surface area contributed by atoms with E-state index in [9.17, 15) is 28.1 Å². The summed E-state index contributed by atoms with van der Waals surface area (Å²) < 4.78 is 38.3. The maximum atomic E-state index is 12.8. The first-order chi connectivity index (χ1) is 13.8. The van der Waals surface area contributed by atoms with Gasteiger partial charge in [-0.1, -0.05) is 12.8 Å². The van der Waals surface area contributed by atoms with Gasteiger partial charge in [0.2, 0.25) is 5.91 Å². The third kappa shape index (κ3) is 5.37. The molecule has 160 valence electrons. The van der Waals surface area contributed by atoms with Crippen LogP contribution in [0, 0.1) is 16.0 Å². The van der Waals surface area contributed by atoms with E-state index in [2.05, 4.69) is 10.2 Å². The molecule has 0 radical (unpaired) electrons. The maximum absolute atomic E-state index is 12.8. The zero-order chi connectivity index (χ0) is 21.0. The number of rotatable bonds is 6. The normalized spacial score (nSPS) is 18.8. The molecule has 0 unspecified atom stereocenters. The van der Waals surface area contributed by atoms with Crippen molar-refractivity contribution < 1.29 is 22.9 Å². The summed E-state index contributed by atoms with van der Waals surface area (Å²) in [7, 11) is 0. The molecule has 2 fully saturated rings. The maximum Gasteiger partial charge on any atom is 0.416 e. The third-order valence-corrected chi connectivity index (χ3v) is 5.65. The molecule has 1 saturated heterocycles. The fourth-order valence-corrected chi connectivity index (χ4v) is 3.98. The molecule has 1 saturated carbocycles. The molecule has 29 heavy (non-hydrogen) atoms. The van der Waals surface area contributed by atoms with Crippen LogP contribution in [0.15, 0.2) is 18.2 Å². The molecule has 0 aromatic heterocycles. The van der Waals surface area contributed by atoms with E-state index in [0.29, 0.717) is 32.2 Å². The largest absolute Gasteiger partial charge is 0.416 e. The van der Waals surface area contributed by atoms with E-state index in [0.717, 1.165) is 50.9 Å². The van der Waals surface area contributed by atoms with Gasteiger partial charge in [0.15, 0.2) is 0 Å². The SMILES string of the molecule is O=C(C1CCCC1)N1CCN(CCNc2ccc(C(F)(F)F)cc2[N+](=O)[O-])CC1. The Morgan fingerprint density at radius 2 is 1.83 bits per heavy atom. The molecule has 1 aromatic rings. The Morgan fingerprint density at radius 1 is 1.17 bits per heavy atom. The van der Waals surface area contributed by atoms with Crippen LogP contribution >= 0.6 is 0 Å². The van der Waals surface area contributed by atoms with Gasteiger partial charge in [-0.05, 0) is 25.0 Å². The first kappa shape index (κ1) is 21.4. The van der Waals surface area contributed by atoms with Gasteiger partial charge in [0.25, 0.3) is 5.69 Å². The summed E-state index contributed by atoms with van der Waals surface area (Å²) in [5, 5.41) is 14.0. The first-order valence-electron chi connectivity index (χ1n) is 9.86. The second-order valence-corrected chi connectivity index (χ2v) is 7.56. The van der Waals surface area contributed by atoms with Crippen LogP contribution in [0.1, 0.15) is 31.2 Å². The number of nitrogens with one attached hydrogen (secondary N) is 1. The lowest BCUT2D eigenvalue weighted by molar-refractivity contribution is -0.384. The summed E-state index contributed by atoms with van der Waals surface area (Å²) >= 11 is 0. The summed E-state index contributed by atoms with van der Waals surface area (Å²) in [5.74, 6) is 0.420. The second-order valence-electron chi connectivity index (χ2n) is 7.56. The number of nitro groups is 1. The molecular formula is C19H25F3N4O3. The highest BCUT2D eigenvalue weighted by Gasteiger charge is 2.33. The van der Waals surface area contributed by atoms with Crippen molar-refractivity contribution in [2.45, 2.75) is 31.9 Å². The fourth-order valence-electron chi connectivity index (χ4n) is 3.98. The van der Waals surface area contributed by atoms with Crippen molar-refractivity contribution in [3.63, 3.8) is 0 Å². The Labute approximate surface area is 167 Å². The zero-order valence-corrected chi connectivity index (χ0v) is 16.1. The Hall–Kier alpha value is -2.36. The van der Waals surface area contributed by atoms with Crippen molar-refractivity contribution in [2.24, 2.45) is 5.92 Å². The summed E-state index contributed by atoms with van der Waals surface area (Å²) in [4.78, 5) is 26.8. The molecule has 0 atom stereocenters. The summed E-state index contributed by atoms with van der Waals surface area (Å²) in [5.41, 5.74) is -1.57. The second kappa shape index (κ2) is 8.98. The number of nitro benzene ring substituents is 1. The highest BCUT2D eigenvalue weighted by molar-refractivity contribution is 5.79. The Bertz CT molecular complexity index is 743. The van der Waals surface area contributed by atoms with Crippen LogP contribution in [0.5, 0.6) is 0 Å². The highest BCUT2D eigenvalue weighted by Crippen LogP contribution is 2.35. The van der Waals surface area contributed by atoms with Crippen LogP contribution in [0.3, 0.4) is 0 Å². The molecule has 1 aliphatic carbocycles. The monoisotopic (exact) mass is 414 g/mol. The number of hydrogen-bond donors (Lipinski definition) is 1. The Kier molecular flexibility index (Phi) is 6.61. The van der Waals surface area contributed by atoms with E-state index in [-0.39, 0.29) is 17.5 Å². The molecular weight excluding hydrogens is 389 g/mol. The molecule has 0 spiro atoms. The highest BCUT2D eigenvalue weighted by atomic mass is 19.4. The fraction of sp³-hybridized carbons (Fsp3) is 0.632. The van der Waals surface area contributed by atoms with Gasteiger partial charge in [-0.25, -0.2) is 0 Å². The molecule has 2 aliphatic rings. The number of carbonyl (C=O) groups excluding carboxylic acids is 1. The number of amides is 1. The number of anilines is 1. The van der Waals surface area contributed by atoms with Gasteiger partial charge >= 0.3 is 6.18 Å². The van der Waals surface area contributed by atoms with Crippen LogP contribution in [-0.2, 0) is 11.0 Å². The van der Waals surface area contributed by atoms with Gasteiger partial charge in [0, 0.05) is 51.3 Å². The van der Waals surface area contributed by atoms with Crippen molar-refractivity contribution in [2.75, 3.05) is 44.6 Å². The van der Waals surface area contributed by atoms with Crippen LogP contribution in [0.2, 0.25) is 0 Å². The first-order valence-corrected chi connectivity index (χ1v) is 9.86. The minimum absolute atomic E-state index is 0.0676. The molecule has 3 rings (SSSR count). The quantitative estimate of drug-likeness (QED) is 0.571. The number of nitrogens with zero attached hydrogens (tertiary/aromatic N) is 3. The van der Waals surface area contributed by atoms with Crippen molar-refractivity contribution in [3.05, 3.63) is 33.9 Å². The standard InChI is InChI=1S/C19H25F3N4O3/c20-19(21,22)15-5-6-16(17(13-15)26(28)29)23-7-8-24-9-11-25(12-10-24)18(27)14-3-1-2-4-14/h5-6,13-14,23H,1-4,7-12H2. The minimum atomic E-state index is -4.63. The number of benzene rings is 1. The number of hydrogen-bond acceptors (Lipinski definition) is 5. The molecule has 1 aliphatic heterocycles. The van der Waals surface area contributed by atoms with Crippen molar-refractivity contribution >= 4 is 17.3 Å². The topological polar surface area (TPSA) is 78.7 Å². The Balaban J connectivity index is 1.48. The van der Waals surface area contributed by atoms with Crippen LogP contribution in [0.4, 0.5) is 24.5 Å². The lowest BCUT2D eigenvalue weighted by atomic mass is 10.1. The smallest absolute Gasteiger partial charge is 0.378 e. The van der Waals surface area contributed by atoms with E-state index in [1.54, 1.807) is 0 Å². The lowest BCUT2D eigenvalue weighted by Crippen LogP contribution is -2.50. The van der Waals surface area contributed by atoms with Gasteiger partial charge in [-0.15, -0.1) is 0 Å². The van der Waals surface area contributed by atoms with E-state index in [1.807, 2.05) is 4.90 Å². The van der Waals surface area contributed by atoms with E-state index in [4.69, 9.17) is 0 Å². The van der Waals surface area contributed by atoms with Gasteiger partial charge in [-0.3, -0.25) is 19.8 Å². The molecule has 7 nitrogen and oxygen atoms in total. The van der Waals surface area contributed by atoms with Crippen LogP contribution in [0.25, 0.3) is 0 Å². The Morgan fingerprint density at radius 3 is 2.41 bits per heavy atom. The molecule has 1 aromatic carbocycles. The molecule has 10 heteroatoms. The average molecular weight is 414 g/mol. The van der Waals surface area contributed by atoms with Gasteiger partial charge < -0.3 is 10.2 Å². The molecule has 0 bridgehead atoms. The average Bonchev–Trinajstić information content (AvgIpc) is 3.22.